The first-order valence-electron chi connectivity index (χ1n) is 7.94. The third-order valence-corrected chi connectivity index (χ3v) is 6.40. The highest BCUT2D eigenvalue weighted by molar-refractivity contribution is 7.89. The van der Waals surface area contributed by atoms with E-state index in [9.17, 15) is 13.2 Å². The fraction of sp³-hybridized carbons (Fsp3) is 0.222. The topological polar surface area (TPSA) is 87.5 Å². The van der Waals surface area contributed by atoms with Gasteiger partial charge in [-0.2, -0.15) is 9.57 Å². The molecule has 1 aliphatic rings. The molecule has 0 bridgehead atoms. The predicted molar refractivity (Wildman–Crippen MR) is 95.6 cm³/mol. The van der Waals surface area contributed by atoms with E-state index in [1.54, 1.807) is 12.1 Å². The lowest BCUT2D eigenvalue weighted by Gasteiger charge is -2.17. The molecule has 1 heterocycles. The smallest absolute Gasteiger partial charge is 0.343 e. The van der Waals surface area contributed by atoms with Crippen LogP contribution in [0.1, 0.15) is 28.8 Å². The molecule has 3 rings (SSSR count). The van der Waals surface area contributed by atoms with Gasteiger partial charge >= 0.3 is 5.97 Å². The number of hydrogen-bond acceptors (Lipinski definition) is 5. The van der Waals surface area contributed by atoms with E-state index in [-0.39, 0.29) is 21.2 Å². The highest BCUT2D eigenvalue weighted by Gasteiger charge is 2.30. The summed E-state index contributed by atoms with van der Waals surface area (Å²) in [5, 5.41) is 8.95. The van der Waals surface area contributed by atoms with Crippen molar-refractivity contribution in [2.45, 2.75) is 17.7 Å². The van der Waals surface area contributed by atoms with Gasteiger partial charge in [0.25, 0.3) is 0 Å². The number of halogens is 1. The molecule has 2 aromatic carbocycles. The van der Waals surface area contributed by atoms with Crippen molar-refractivity contribution < 1.29 is 17.9 Å². The quantitative estimate of drug-likeness (QED) is 0.590. The number of rotatable bonds is 4. The Kier molecular flexibility index (Phi) is 5.28. The van der Waals surface area contributed by atoms with Crippen molar-refractivity contribution in [3.8, 4) is 11.8 Å². The summed E-state index contributed by atoms with van der Waals surface area (Å²) in [6.07, 6.45) is 1.60. The standard InChI is InChI=1S/C18H15ClN2O4S/c19-16-7-6-14(11-17(16)26(23,24)21-8-1-2-9-21)18(22)25-15-5-3-4-13(10-15)12-20/h3-7,10-11H,1-2,8-9H2. The Morgan fingerprint density at radius 3 is 2.58 bits per heavy atom. The minimum Gasteiger partial charge on any atom is -0.423 e. The molecule has 0 amide bonds. The molecule has 6 nitrogen and oxygen atoms in total. The van der Waals surface area contributed by atoms with E-state index in [1.165, 1.54) is 34.6 Å². The van der Waals surface area contributed by atoms with Crippen LogP contribution in [0.3, 0.4) is 0 Å². The lowest BCUT2D eigenvalue weighted by Crippen LogP contribution is -2.28. The minimum absolute atomic E-state index is 0.0555. The molecule has 0 spiro atoms. The molecule has 0 unspecified atom stereocenters. The first-order valence-corrected chi connectivity index (χ1v) is 9.75. The highest BCUT2D eigenvalue weighted by atomic mass is 35.5. The van der Waals surface area contributed by atoms with Gasteiger partial charge in [0.05, 0.1) is 22.2 Å². The first kappa shape index (κ1) is 18.4. The number of hydrogen-bond donors (Lipinski definition) is 0. The SMILES string of the molecule is N#Cc1cccc(OC(=O)c2ccc(Cl)c(S(=O)(=O)N3CCCC3)c2)c1. The Hall–Kier alpha value is -2.40. The van der Waals surface area contributed by atoms with Crippen LogP contribution in [-0.4, -0.2) is 31.8 Å². The summed E-state index contributed by atoms with van der Waals surface area (Å²) in [7, 11) is -3.76. The molecule has 0 aliphatic carbocycles. The van der Waals surface area contributed by atoms with Gasteiger partial charge in [-0.25, -0.2) is 13.2 Å². The Morgan fingerprint density at radius 1 is 1.15 bits per heavy atom. The maximum absolute atomic E-state index is 12.7. The van der Waals surface area contributed by atoms with Crippen LogP contribution in [0.4, 0.5) is 0 Å². The van der Waals surface area contributed by atoms with Gasteiger partial charge < -0.3 is 4.74 Å². The number of esters is 1. The molecule has 0 aromatic heterocycles. The molecule has 0 saturated carbocycles. The van der Waals surface area contributed by atoms with Crippen LogP contribution in [0.25, 0.3) is 0 Å². The molecule has 134 valence electrons. The van der Waals surface area contributed by atoms with Crippen LogP contribution in [0.5, 0.6) is 5.75 Å². The summed E-state index contributed by atoms with van der Waals surface area (Å²) >= 11 is 6.07. The van der Waals surface area contributed by atoms with Crippen LogP contribution in [0, 0.1) is 11.3 Å². The summed E-state index contributed by atoms with van der Waals surface area (Å²) in [6.45, 7) is 0.878. The Bertz CT molecular complexity index is 992. The maximum atomic E-state index is 12.7. The summed E-state index contributed by atoms with van der Waals surface area (Å²) in [4.78, 5) is 12.3. The summed E-state index contributed by atoms with van der Waals surface area (Å²) in [5.41, 5.74) is 0.415. The van der Waals surface area contributed by atoms with Gasteiger partial charge in [-0.1, -0.05) is 17.7 Å². The van der Waals surface area contributed by atoms with Crippen LogP contribution >= 0.6 is 11.6 Å². The van der Waals surface area contributed by atoms with Crippen molar-refractivity contribution >= 4 is 27.6 Å². The van der Waals surface area contributed by atoms with Crippen LogP contribution in [0.2, 0.25) is 5.02 Å². The monoisotopic (exact) mass is 390 g/mol. The van der Waals surface area contributed by atoms with Crippen molar-refractivity contribution in [1.82, 2.24) is 4.31 Å². The van der Waals surface area contributed by atoms with Gasteiger partial charge in [-0.15, -0.1) is 0 Å². The lowest BCUT2D eigenvalue weighted by molar-refractivity contribution is 0.0734. The van der Waals surface area contributed by atoms with E-state index < -0.39 is 16.0 Å². The Labute approximate surface area is 156 Å². The van der Waals surface area contributed by atoms with Gasteiger partial charge in [0.1, 0.15) is 10.6 Å². The van der Waals surface area contributed by atoms with E-state index in [2.05, 4.69) is 0 Å². The summed E-state index contributed by atoms with van der Waals surface area (Å²) < 4.78 is 32.0. The molecule has 1 saturated heterocycles. The van der Waals surface area contributed by atoms with E-state index in [0.29, 0.717) is 18.7 Å². The highest BCUT2D eigenvalue weighted by Crippen LogP contribution is 2.28. The van der Waals surface area contributed by atoms with Gasteiger partial charge in [0.15, 0.2) is 0 Å². The van der Waals surface area contributed by atoms with E-state index in [1.807, 2.05) is 6.07 Å². The molecule has 26 heavy (non-hydrogen) atoms. The second-order valence-corrected chi connectivity index (χ2v) is 8.10. The number of nitrogens with zero attached hydrogens (tertiary/aromatic N) is 2. The molecule has 0 N–H and O–H groups in total. The predicted octanol–water partition coefficient (Wildman–Crippen LogP) is 3.22. The van der Waals surface area contributed by atoms with Gasteiger partial charge in [-0.3, -0.25) is 0 Å². The van der Waals surface area contributed by atoms with Crippen molar-refractivity contribution in [2.75, 3.05) is 13.1 Å². The second kappa shape index (κ2) is 7.46. The van der Waals surface area contributed by atoms with Gasteiger partial charge in [-0.05, 0) is 49.2 Å². The second-order valence-electron chi connectivity index (χ2n) is 5.79. The number of sulfonamides is 1. The fourth-order valence-corrected chi connectivity index (χ4v) is 4.71. The Morgan fingerprint density at radius 2 is 1.88 bits per heavy atom. The molecule has 8 heteroatoms. The third kappa shape index (κ3) is 3.73. The van der Waals surface area contributed by atoms with Crippen LogP contribution < -0.4 is 4.74 Å². The van der Waals surface area contributed by atoms with Crippen molar-refractivity contribution in [2.24, 2.45) is 0 Å². The molecule has 1 fully saturated rings. The maximum Gasteiger partial charge on any atom is 0.343 e. The largest absolute Gasteiger partial charge is 0.423 e. The first-order chi connectivity index (χ1) is 12.4. The van der Waals surface area contributed by atoms with Crippen molar-refractivity contribution in [3.63, 3.8) is 0 Å². The zero-order chi connectivity index (χ0) is 18.7. The number of benzene rings is 2. The average Bonchev–Trinajstić information content (AvgIpc) is 3.17. The Balaban J connectivity index is 1.89. The number of nitriles is 1. The fourth-order valence-electron chi connectivity index (χ4n) is 2.69. The van der Waals surface area contributed by atoms with Crippen molar-refractivity contribution in [1.29, 1.82) is 5.26 Å². The van der Waals surface area contributed by atoms with Crippen LogP contribution in [0.15, 0.2) is 47.4 Å². The average molecular weight is 391 g/mol. The van der Waals surface area contributed by atoms with Gasteiger partial charge in [0, 0.05) is 13.1 Å². The number of ether oxygens (including phenoxy) is 1. The third-order valence-electron chi connectivity index (χ3n) is 4.02. The van der Waals surface area contributed by atoms with Crippen molar-refractivity contribution in [3.05, 3.63) is 58.6 Å². The molecule has 0 atom stereocenters. The van der Waals surface area contributed by atoms with Crippen LogP contribution in [-0.2, 0) is 10.0 Å². The molecular formula is C18H15ClN2O4S. The molecular weight excluding hydrogens is 376 g/mol. The molecule has 0 radical (unpaired) electrons. The normalized spacial score (nSPS) is 14.8. The van der Waals surface area contributed by atoms with E-state index in [4.69, 9.17) is 21.6 Å². The summed E-state index contributed by atoms with van der Waals surface area (Å²) in [5.74, 6) is -0.525. The zero-order valence-electron chi connectivity index (χ0n) is 13.7. The molecule has 2 aromatic rings. The number of carbonyl (C=O) groups excluding carboxylic acids is 1. The molecule has 1 aliphatic heterocycles. The summed E-state index contributed by atoms with van der Waals surface area (Å²) in [6, 6.07) is 12.1. The van der Waals surface area contributed by atoms with E-state index in [0.717, 1.165) is 12.8 Å². The lowest BCUT2D eigenvalue weighted by atomic mass is 10.2. The van der Waals surface area contributed by atoms with Gasteiger partial charge in [0.2, 0.25) is 10.0 Å². The zero-order valence-corrected chi connectivity index (χ0v) is 15.3. The van der Waals surface area contributed by atoms with E-state index >= 15 is 0 Å². The minimum atomic E-state index is -3.76. The number of carbonyl (C=O) groups is 1.